The molecule has 37 heavy (non-hydrogen) atoms. The van der Waals surface area contributed by atoms with Gasteiger partial charge < -0.3 is 0 Å². The van der Waals surface area contributed by atoms with E-state index in [4.69, 9.17) is 0 Å². The zero-order valence-corrected chi connectivity index (χ0v) is 26.1. The molecule has 3 heterocycles. The van der Waals surface area contributed by atoms with Crippen molar-refractivity contribution in [2.45, 2.75) is 101 Å². The number of thiophene rings is 3. The SMILES string of the molecule is CCCCCCCCS(=O)(=O)c1c(-c2cccs2)sc(-c2cccs2)c1S(=O)(=O)CCCCCCCC. The Morgan fingerprint density at radius 2 is 0.946 bits per heavy atom. The molecule has 3 aromatic heterocycles. The van der Waals surface area contributed by atoms with Gasteiger partial charge in [0, 0.05) is 9.75 Å². The van der Waals surface area contributed by atoms with Crippen molar-refractivity contribution >= 4 is 53.7 Å². The molecule has 0 radical (unpaired) electrons. The second-order valence-electron chi connectivity index (χ2n) is 9.55. The highest BCUT2D eigenvalue weighted by Gasteiger charge is 2.36. The number of hydrogen-bond donors (Lipinski definition) is 0. The van der Waals surface area contributed by atoms with Crippen molar-refractivity contribution in [2.75, 3.05) is 11.5 Å². The summed E-state index contributed by atoms with van der Waals surface area (Å²) in [6.07, 6.45) is 11.6. The minimum atomic E-state index is -3.79. The summed E-state index contributed by atoms with van der Waals surface area (Å²) in [5.41, 5.74) is 0. The lowest BCUT2D eigenvalue weighted by Crippen LogP contribution is -2.15. The van der Waals surface area contributed by atoms with Gasteiger partial charge in [-0.25, -0.2) is 16.8 Å². The summed E-state index contributed by atoms with van der Waals surface area (Å²) in [5, 5.41) is 3.82. The van der Waals surface area contributed by atoms with Crippen molar-refractivity contribution in [3.8, 4) is 19.5 Å². The summed E-state index contributed by atoms with van der Waals surface area (Å²) in [6, 6.07) is 7.56. The third-order valence-corrected chi connectivity index (χ3v) is 13.9. The van der Waals surface area contributed by atoms with Crippen LogP contribution in [0.15, 0.2) is 44.8 Å². The minimum absolute atomic E-state index is 0.0162. The third kappa shape index (κ3) is 8.49. The maximum Gasteiger partial charge on any atom is 0.181 e. The first kappa shape index (κ1) is 30.5. The van der Waals surface area contributed by atoms with Gasteiger partial charge in [-0.15, -0.1) is 34.0 Å². The van der Waals surface area contributed by atoms with E-state index in [1.54, 1.807) is 0 Å². The van der Waals surface area contributed by atoms with Gasteiger partial charge in [-0.1, -0.05) is 90.2 Å². The number of sulfone groups is 2. The van der Waals surface area contributed by atoms with Crippen molar-refractivity contribution in [1.29, 1.82) is 0 Å². The van der Waals surface area contributed by atoms with Crippen LogP contribution in [0.4, 0.5) is 0 Å². The lowest BCUT2D eigenvalue weighted by atomic mass is 10.1. The largest absolute Gasteiger partial charge is 0.224 e. The summed E-state index contributed by atoms with van der Waals surface area (Å²) < 4.78 is 55.5. The van der Waals surface area contributed by atoms with Crippen LogP contribution in [0.3, 0.4) is 0 Å². The van der Waals surface area contributed by atoms with Crippen molar-refractivity contribution in [3.05, 3.63) is 35.0 Å². The Bertz CT molecular complexity index is 1170. The molecule has 0 atom stereocenters. The second kappa shape index (κ2) is 15.0. The van der Waals surface area contributed by atoms with Crippen LogP contribution in [-0.2, 0) is 19.7 Å². The Kier molecular flexibility index (Phi) is 12.4. The van der Waals surface area contributed by atoms with Gasteiger partial charge in [0.1, 0.15) is 9.79 Å². The monoisotopic (exact) mass is 600 g/mol. The quantitative estimate of drug-likeness (QED) is 0.136. The molecule has 0 amide bonds. The van der Waals surface area contributed by atoms with Crippen LogP contribution in [0, 0.1) is 0 Å². The van der Waals surface area contributed by atoms with Crippen LogP contribution in [0.25, 0.3) is 19.5 Å². The molecule has 0 N–H and O–H groups in total. The van der Waals surface area contributed by atoms with E-state index in [9.17, 15) is 16.8 Å². The summed E-state index contributed by atoms with van der Waals surface area (Å²) in [5.74, 6) is -0.0324. The number of unbranched alkanes of at least 4 members (excludes halogenated alkanes) is 10. The molecular formula is C28H40O4S5. The van der Waals surface area contributed by atoms with Crippen molar-refractivity contribution in [1.82, 2.24) is 0 Å². The van der Waals surface area contributed by atoms with Gasteiger partial charge in [0.05, 0.1) is 21.3 Å². The Labute approximate surface area is 236 Å². The highest BCUT2D eigenvalue weighted by atomic mass is 32.2. The molecule has 4 nitrogen and oxygen atoms in total. The van der Waals surface area contributed by atoms with Gasteiger partial charge in [-0.2, -0.15) is 0 Å². The average Bonchev–Trinajstić information content (AvgIpc) is 3.63. The van der Waals surface area contributed by atoms with E-state index in [0.29, 0.717) is 22.6 Å². The van der Waals surface area contributed by atoms with Gasteiger partial charge in [0.25, 0.3) is 0 Å². The fourth-order valence-electron chi connectivity index (χ4n) is 4.45. The van der Waals surface area contributed by atoms with Gasteiger partial charge in [-0.05, 0) is 35.7 Å². The molecule has 0 bridgehead atoms. The van der Waals surface area contributed by atoms with Gasteiger partial charge in [0.15, 0.2) is 19.7 Å². The molecule has 0 fully saturated rings. The van der Waals surface area contributed by atoms with E-state index in [2.05, 4.69) is 13.8 Å². The zero-order chi connectivity index (χ0) is 26.7. The molecule has 0 aliphatic rings. The second-order valence-corrected chi connectivity index (χ2v) is 16.6. The first-order valence-corrected chi connectivity index (χ1v) is 19.4. The van der Waals surface area contributed by atoms with Crippen LogP contribution in [-0.4, -0.2) is 28.3 Å². The molecule has 9 heteroatoms. The number of hydrogen-bond acceptors (Lipinski definition) is 7. The molecule has 0 aromatic carbocycles. The fourth-order valence-corrected chi connectivity index (χ4v) is 12.4. The van der Waals surface area contributed by atoms with E-state index in [-0.39, 0.29) is 21.3 Å². The summed E-state index contributed by atoms with van der Waals surface area (Å²) in [7, 11) is -7.59. The molecule has 0 saturated carbocycles. The predicted molar refractivity (Wildman–Crippen MR) is 162 cm³/mol. The minimum Gasteiger partial charge on any atom is -0.224 e. The maximum atomic E-state index is 13.9. The predicted octanol–water partition coefficient (Wildman–Crippen LogP) is 9.47. The first-order valence-electron chi connectivity index (χ1n) is 13.5. The zero-order valence-electron chi connectivity index (χ0n) is 22.0. The van der Waals surface area contributed by atoms with E-state index in [1.165, 1.54) is 34.0 Å². The highest BCUT2D eigenvalue weighted by Crippen LogP contribution is 2.49. The van der Waals surface area contributed by atoms with Crippen LogP contribution >= 0.6 is 34.0 Å². The summed E-state index contributed by atoms with van der Waals surface area (Å²) in [4.78, 5) is 2.86. The third-order valence-electron chi connectivity index (χ3n) is 6.47. The standard InChI is InChI=1S/C28H40O4S5/c1-3-5-7-9-11-13-21-36(29,30)27-25(23-17-15-19-33-23)35-26(24-18-16-20-34-24)28(27)37(31,32)22-14-12-10-8-6-4-2/h15-20H,3-14,21-22H2,1-2H3. The first-order chi connectivity index (χ1) is 17.8. The van der Waals surface area contributed by atoms with Crippen LogP contribution < -0.4 is 0 Å². The van der Waals surface area contributed by atoms with Crippen LogP contribution in [0.5, 0.6) is 0 Å². The van der Waals surface area contributed by atoms with Crippen molar-refractivity contribution in [3.63, 3.8) is 0 Å². The average molecular weight is 601 g/mol. The topological polar surface area (TPSA) is 68.3 Å². The smallest absolute Gasteiger partial charge is 0.181 e. The molecule has 3 rings (SSSR count). The van der Waals surface area contributed by atoms with Gasteiger partial charge in [-0.3, -0.25) is 0 Å². The Hall–Kier alpha value is -1.00. The highest BCUT2D eigenvalue weighted by molar-refractivity contribution is 7.95. The fraction of sp³-hybridized carbons (Fsp3) is 0.571. The summed E-state index contributed by atoms with van der Waals surface area (Å²) in [6.45, 7) is 4.32. The van der Waals surface area contributed by atoms with E-state index in [1.807, 2.05) is 35.0 Å². The molecule has 0 spiro atoms. The molecule has 0 aliphatic heterocycles. The summed E-state index contributed by atoms with van der Waals surface area (Å²) >= 11 is 4.23. The Morgan fingerprint density at radius 3 is 1.30 bits per heavy atom. The molecule has 3 aromatic rings. The molecule has 0 unspecified atom stereocenters. The normalized spacial score (nSPS) is 12.4. The lowest BCUT2D eigenvalue weighted by Gasteiger charge is -2.11. The van der Waals surface area contributed by atoms with Gasteiger partial charge in [0.2, 0.25) is 0 Å². The lowest BCUT2D eigenvalue weighted by molar-refractivity contribution is 0.573. The van der Waals surface area contributed by atoms with Crippen molar-refractivity contribution in [2.24, 2.45) is 0 Å². The Balaban J connectivity index is 2.00. The van der Waals surface area contributed by atoms with E-state index >= 15 is 0 Å². The van der Waals surface area contributed by atoms with E-state index < -0.39 is 19.7 Å². The number of rotatable bonds is 18. The Morgan fingerprint density at radius 1 is 0.568 bits per heavy atom. The van der Waals surface area contributed by atoms with Crippen LogP contribution in [0.1, 0.15) is 90.9 Å². The maximum absolute atomic E-state index is 13.9. The molecular weight excluding hydrogens is 561 g/mol. The van der Waals surface area contributed by atoms with Crippen LogP contribution in [0.2, 0.25) is 0 Å². The van der Waals surface area contributed by atoms with Crippen molar-refractivity contribution < 1.29 is 16.8 Å². The van der Waals surface area contributed by atoms with Gasteiger partial charge >= 0.3 is 0 Å². The molecule has 0 aliphatic carbocycles. The van der Waals surface area contributed by atoms with E-state index in [0.717, 1.165) is 74.0 Å². The molecule has 206 valence electrons. The molecule has 0 saturated heterocycles.